The van der Waals surface area contributed by atoms with Crippen LogP contribution in [0.25, 0.3) is 0 Å². The van der Waals surface area contributed by atoms with Crippen LogP contribution in [-0.2, 0) is 9.47 Å². The van der Waals surface area contributed by atoms with Gasteiger partial charge in [-0.25, -0.2) is 0 Å². The Morgan fingerprint density at radius 3 is 2.47 bits per heavy atom. The summed E-state index contributed by atoms with van der Waals surface area (Å²) in [6.45, 7) is 12.0. The zero-order chi connectivity index (χ0) is 14.6. The molecule has 0 rings (SSSR count). The Kier molecular flexibility index (Phi) is 10.6. The Bertz CT molecular complexity index is 243. The summed E-state index contributed by atoms with van der Waals surface area (Å²) in [6, 6.07) is 0. The van der Waals surface area contributed by atoms with Crippen molar-refractivity contribution in [2.75, 3.05) is 40.0 Å². The summed E-state index contributed by atoms with van der Waals surface area (Å²) in [4.78, 5) is 4.50. The Hall–Kier alpha value is -0.810. The first-order valence-electron chi connectivity index (χ1n) is 7.20. The molecular formula is C14H31N3O2. The minimum atomic E-state index is -0.236. The van der Waals surface area contributed by atoms with Gasteiger partial charge < -0.3 is 20.1 Å². The summed E-state index contributed by atoms with van der Waals surface area (Å²) in [5.41, 5.74) is -0.236. The Morgan fingerprint density at radius 1 is 1.16 bits per heavy atom. The largest absolute Gasteiger partial charge is 0.380 e. The molecule has 19 heavy (non-hydrogen) atoms. The van der Waals surface area contributed by atoms with Gasteiger partial charge in [-0.2, -0.15) is 0 Å². The Balaban J connectivity index is 3.94. The molecule has 0 aliphatic carbocycles. The van der Waals surface area contributed by atoms with Gasteiger partial charge in [0.2, 0.25) is 0 Å². The van der Waals surface area contributed by atoms with Gasteiger partial charge in [-0.1, -0.05) is 13.3 Å². The highest BCUT2D eigenvalue weighted by Gasteiger charge is 2.15. The molecule has 0 atom stereocenters. The fraction of sp³-hybridized carbons (Fsp3) is 0.929. The third-order valence-electron chi connectivity index (χ3n) is 2.70. The van der Waals surface area contributed by atoms with E-state index in [9.17, 15) is 0 Å². The quantitative estimate of drug-likeness (QED) is 0.362. The molecule has 0 heterocycles. The minimum Gasteiger partial charge on any atom is -0.380 e. The number of unbranched alkanes of at least 4 members (excludes halogenated alkanes) is 1. The summed E-state index contributed by atoms with van der Waals surface area (Å²) in [6.07, 6.45) is 2.29. The summed E-state index contributed by atoms with van der Waals surface area (Å²) in [5, 5.41) is 6.46. The number of hydrogen-bond donors (Lipinski definition) is 2. The molecule has 114 valence electrons. The maximum atomic E-state index is 5.50. The zero-order valence-electron chi connectivity index (χ0n) is 13.2. The molecule has 0 aromatic rings. The minimum absolute atomic E-state index is 0.236. The van der Waals surface area contributed by atoms with Crippen LogP contribution in [0.5, 0.6) is 0 Å². The number of aliphatic imine (C=N–C) groups is 1. The predicted molar refractivity (Wildman–Crippen MR) is 80.8 cm³/mol. The van der Waals surface area contributed by atoms with Gasteiger partial charge in [0.15, 0.2) is 5.96 Å². The lowest BCUT2D eigenvalue weighted by Gasteiger charge is -2.21. The van der Waals surface area contributed by atoms with Gasteiger partial charge >= 0.3 is 0 Å². The van der Waals surface area contributed by atoms with Crippen LogP contribution in [0.3, 0.4) is 0 Å². The van der Waals surface area contributed by atoms with Crippen molar-refractivity contribution in [3.05, 3.63) is 0 Å². The van der Waals surface area contributed by atoms with Gasteiger partial charge in [0.25, 0.3) is 0 Å². The molecule has 0 unspecified atom stereocenters. The van der Waals surface area contributed by atoms with E-state index in [0.717, 1.165) is 32.1 Å². The third-order valence-corrected chi connectivity index (χ3v) is 2.70. The normalized spacial score (nSPS) is 12.6. The molecule has 0 fully saturated rings. The molecule has 0 saturated heterocycles. The van der Waals surface area contributed by atoms with E-state index < -0.39 is 0 Å². The molecule has 0 aliphatic rings. The second-order valence-corrected chi connectivity index (χ2v) is 5.05. The van der Waals surface area contributed by atoms with Crippen molar-refractivity contribution >= 4 is 5.96 Å². The van der Waals surface area contributed by atoms with Crippen molar-refractivity contribution in [2.24, 2.45) is 4.99 Å². The molecule has 0 spiro atoms. The highest BCUT2D eigenvalue weighted by molar-refractivity contribution is 5.79. The van der Waals surface area contributed by atoms with Crippen LogP contribution in [0, 0.1) is 0 Å². The highest BCUT2D eigenvalue weighted by Crippen LogP contribution is 2.06. The highest BCUT2D eigenvalue weighted by atomic mass is 16.5. The number of methoxy groups -OCH3 is 1. The van der Waals surface area contributed by atoms with Crippen molar-refractivity contribution in [1.29, 1.82) is 0 Å². The van der Waals surface area contributed by atoms with Crippen molar-refractivity contribution in [3.8, 4) is 0 Å². The Labute approximate surface area is 118 Å². The average Bonchev–Trinajstić information content (AvgIpc) is 2.40. The molecule has 0 amide bonds. The molecule has 0 aliphatic heterocycles. The molecule has 2 N–H and O–H groups in total. The second-order valence-electron chi connectivity index (χ2n) is 5.05. The van der Waals surface area contributed by atoms with Crippen molar-refractivity contribution in [2.45, 2.75) is 46.1 Å². The van der Waals surface area contributed by atoms with E-state index in [1.165, 1.54) is 6.42 Å². The van der Waals surface area contributed by atoms with Gasteiger partial charge in [0.05, 0.1) is 18.8 Å². The number of nitrogens with zero attached hydrogens (tertiary/aromatic N) is 1. The fourth-order valence-corrected chi connectivity index (χ4v) is 1.27. The van der Waals surface area contributed by atoms with E-state index in [2.05, 4.69) is 29.5 Å². The average molecular weight is 273 g/mol. The number of ether oxygens (including phenoxy) is 2. The second kappa shape index (κ2) is 11.1. The third kappa shape index (κ3) is 10.8. The standard InChI is InChI=1S/C14H31N3O2/c1-6-8-10-19-11-9-16-13(15-7-2)17-12-14(3,4)18-5/h6-12H2,1-5H3,(H2,15,16,17). The zero-order valence-corrected chi connectivity index (χ0v) is 13.2. The molecule has 0 radical (unpaired) electrons. The summed E-state index contributed by atoms with van der Waals surface area (Å²) in [5.74, 6) is 0.812. The van der Waals surface area contributed by atoms with Crippen LogP contribution in [0.15, 0.2) is 4.99 Å². The molecule has 0 bridgehead atoms. The van der Waals surface area contributed by atoms with Gasteiger partial charge in [0, 0.05) is 26.8 Å². The van der Waals surface area contributed by atoms with Gasteiger partial charge in [-0.15, -0.1) is 0 Å². The summed E-state index contributed by atoms with van der Waals surface area (Å²) in [7, 11) is 1.71. The van der Waals surface area contributed by atoms with Crippen molar-refractivity contribution in [1.82, 2.24) is 10.6 Å². The van der Waals surface area contributed by atoms with E-state index in [1.54, 1.807) is 7.11 Å². The first-order valence-corrected chi connectivity index (χ1v) is 7.20. The van der Waals surface area contributed by atoms with Crippen molar-refractivity contribution in [3.63, 3.8) is 0 Å². The topological polar surface area (TPSA) is 54.9 Å². The van der Waals surface area contributed by atoms with Gasteiger partial charge in [0.1, 0.15) is 0 Å². The van der Waals surface area contributed by atoms with E-state index in [-0.39, 0.29) is 5.60 Å². The van der Waals surface area contributed by atoms with Gasteiger partial charge in [-0.3, -0.25) is 4.99 Å². The SMILES string of the molecule is CCCCOCCNC(=NCC(C)(C)OC)NCC. The van der Waals surface area contributed by atoms with Crippen LogP contribution in [-0.4, -0.2) is 51.5 Å². The van der Waals surface area contributed by atoms with Crippen LogP contribution in [0.1, 0.15) is 40.5 Å². The molecule has 5 heteroatoms. The number of rotatable bonds is 10. The lowest BCUT2D eigenvalue weighted by molar-refractivity contribution is 0.0310. The first-order chi connectivity index (χ1) is 9.05. The number of hydrogen-bond acceptors (Lipinski definition) is 3. The molecule has 5 nitrogen and oxygen atoms in total. The van der Waals surface area contributed by atoms with Crippen LogP contribution >= 0.6 is 0 Å². The van der Waals surface area contributed by atoms with Crippen LogP contribution in [0.2, 0.25) is 0 Å². The van der Waals surface area contributed by atoms with E-state index >= 15 is 0 Å². The first kappa shape index (κ1) is 18.2. The maximum Gasteiger partial charge on any atom is 0.191 e. The van der Waals surface area contributed by atoms with Crippen LogP contribution in [0.4, 0.5) is 0 Å². The molecule has 0 aromatic heterocycles. The van der Waals surface area contributed by atoms with E-state index in [1.807, 2.05) is 13.8 Å². The molecule has 0 aromatic carbocycles. The molecule has 0 saturated carbocycles. The number of guanidine groups is 1. The lowest BCUT2D eigenvalue weighted by atomic mass is 10.1. The molecular weight excluding hydrogens is 242 g/mol. The monoisotopic (exact) mass is 273 g/mol. The predicted octanol–water partition coefficient (Wildman–Crippen LogP) is 1.78. The fourth-order valence-electron chi connectivity index (χ4n) is 1.27. The Morgan fingerprint density at radius 2 is 1.89 bits per heavy atom. The lowest BCUT2D eigenvalue weighted by Crippen LogP contribution is -2.40. The van der Waals surface area contributed by atoms with Gasteiger partial charge in [-0.05, 0) is 27.2 Å². The summed E-state index contributed by atoms with van der Waals surface area (Å²) >= 11 is 0. The maximum absolute atomic E-state index is 5.50. The number of nitrogens with one attached hydrogen (secondary N) is 2. The van der Waals surface area contributed by atoms with E-state index in [0.29, 0.717) is 13.2 Å². The van der Waals surface area contributed by atoms with E-state index in [4.69, 9.17) is 9.47 Å². The van der Waals surface area contributed by atoms with Crippen LogP contribution < -0.4 is 10.6 Å². The van der Waals surface area contributed by atoms with Crippen molar-refractivity contribution < 1.29 is 9.47 Å². The smallest absolute Gasteiger partial charge is 0.191 e. The summed E-state index contributed by atoms with van der Waals surface area (Å²) < 4.78 is 10.8.